The Balaban J connectivity index is 3.09. The van der Waals surface area contributed by atoms with Crippen LogP contribution in [0.3, 0.4) is 0 Å². The van der Waals surface area contributed by atoms with Crippen LogP contribution in [0.5, 0.6) is 0 Å². The molecule has 0 heterocycles. The summed E-state index contributed by atoms with van der Waals surface area (Å²) in [7, 11) is 1.62. The van der Waals surface area contributed by atoms with Crippen molar-refractivity contribution in [1.82, 2.24) is 4.90 Å². The fraction of sp³-hybridized carbons (Fsp3) is 0.417. The summed E-state index contributed by atoms with van der Waals surface area (Å²) in [6.07, 6.45) is 1.92. The van der Waals surface area contributed by atoms with Crippen molar-refractivity contribution < 1.29 is 14.1 Å². The van der Waals surface area contributed by atoms with Crippen LogP contribution in [0.1, 0.15) is 15.9 Å². The number of nitro groups is 1. The van der Waals surface area contributed by atoms with Gasteiger partial charge in [0.2, 0.25) is 5.82 Å². The lowest BCUT2D eigenvalue weighted by Gasteiger charge is -2.17. The van der Waals surface area contributed by atoms with Crippen molar-refractivity contribution in [2.45, 2.75) is 6.92 Å². The predicted molar refractivity (Wildman–Crippen MR) is 73.1 cm³/mol. The largest absolute Gasteiger partial charge is 0.341 e. The summed E-state index contributed by atoms with van der Waals surface area (Å²) in [5.74, 6) is -0.495. The molecule has 0 aromatic heterocycles. The van der Waals surface area contributed by atoms with E-state index in [4.69, 9.17) is 0 Å². The third kappa shape index (κ3) is 3.66. The van der Waals surface area contributed by atoms with Gasteiger partial charge >= 0.3 is 5.69 Å². The molecular formula is C12H15FN2O3S. The summed E-state index contributed by atoms with van der Waals surface area (Å²) in [5, 5.41) is 10.7. The third-order valence-corrected chi connectivity index (χ3v) is 3.29. The van der Waals surface area contributed by atoms with Gasteiger partial charge in [0.15, 0.2) is 0 Å². The maximum atomic E-state index is 13.4. The van der Waals surface area contributed by atoms with Crippen LogP contribution in [0, 0.1) is 22.9 Å². The van der Waals surface area contributed by atoms with E-state index in [0.717, 1.165) is 17.9 Å². The standard InChI is InChI=1S/C12H15FN2O3S/c1-8-6-10(13)11(15(17)18)7-9(8)12(16)14(2)4-5-19-3/h6-7H,4-5H2,1-3H3. The highest BCUT2D eigenvalue weighted by molar-refractivity contribution is 7.98. The van der Waals surface area contributed by atoms with Gasteiger partial charge in [0.05, 0.1) is 4.92 Å². The van der Waals surface area contributed by atoms with E-state index in [1.54, 1.807) is 25.7 Å². The van der Waals surface area contributed by atoms with Crippen molar-refractivity contribution in [3.63, 3.8) is 0 Å². The molecular weight excluding hydrogens is 271 g/mol. The first-order valence-corrected chi connectivity index (χ1v) is 6.96. The quantitative estimate of drug-likeness (QED) is 0.616. The molecule has 0 fully saturated rings. The van der Waals surface area contributed by atoms with E-state index < -0.39 is 16.4 Å². The molecule has 0 aliphatic rings. The molecule has 104 valence electrons. The number of rotatable bonds is 5. The van der Waals surface area contributed by atoms with Crippen LogP contribution in [-0.4, -0.2) is 41.3 Å². The van der Waals surface area contributed by atoms with Gasteiger partial charge in [-0.3, -0.25) is 14.9 Å². The Hall–Kier alpha value is -1.63. The lowest BCUT2D eigenvalue weighted by molar-refractivity contribution is -0.387. The molecule has 0 atom stereocenters. The van der Waals surface area contributed by atoms with E-state index in [2.05, 4.69) is 0 Å². The van der Waals surface area contributed by atoms with E-state index in [-0.39, 0.29) is 11.5 Å². The van der Waals surface area contributed by atoms with Crippen LogP contribution in [0.2, 0.25) is 0 Å². The Morgan fingerprint density at radius 3 is 2.68 bits per heavy atom. The summed E-state index contributed by atoms with van der Waals surface area (Å²) in [6.45, 7) is 2.09. The molecule has 0 saturated carbocycles. The Morgan fingerprint density at radius 1 is 1.53 bits per heavy atom. The minimum atomic E-state index is -0.925. The average molecular weight is 286 g/mol. The number of hydrogen-bond acceptors (Lipinski definition) is 4. The zero-order valence-electron chi connectivity index (χ0n) is 11.0. The van der Waals surface area contributed by atoms with Crippen molar-refractivity contribution in [2.75, 3.05) is 25.6 Å². The number of nitrogens with zero attached hydrogens (tertiary/aromatic N) is 2. The van der Waals surface area contributed by atoms with Crippen LogP contribution in [0.4, 0.5) is 10.1 Å². The summed E-state index contributed by atoms with van der Waals surface area (Å²) in [4.78, 5) is 23.5. The number of nitro benzene ring substituents is 1. The minimum Gasteiger partial charge on any atom is -0.341 e. The number of carbonyl (C=O) groups is 1. The van der Waals surface area contributed by atoms with Crippen LogP contribution >= 0.6 is 11.8 Å². The second kappa shape index (κ2) is 6.51. The molecule has 0 unspecified atom stereocenters. The molecule has 5 nitrogen and oxygen atoms in total. The summed E-state index contributed by atoms with van der Waals surface area (Å²) in [6, 6.07) is 2.02. The SMILES string of the molecule is CSCCN(C)C(=O)c1cc([N+](=O)[O-])c(F)cc1C. The molecule has 0 aliphatic carbocycles. The van der Waals surface area contributed by atoms with E-state index in [9.17, 15) is 19.3 Å². The molecule has 1 rings (SSSR count). The van der Waals surface area contributed by atoms with E-state index in [1.807, 2.05) is 6.26 Å². The number of thioether (sulfide) groups is 1. The van der Waals surface area contributed by atoms with Crippen molar-refractivity contribution in [3.8, 4) is 0 Å². The summed E-state index contributed by atoms with van der Waals surface area (Å²) >= 11 is 1.60. The van der Waals surface area contributed by atoms with E-state index in [1.165, 1.54) is 4.90 Å². The van der Waals surface area contributed by atoms with Gasteiger partial charge < -0.3 is 4.90 Å². The van der Waals surface area contributed by atoms with Crippen molar-refractivity contribution in [1.29, 1.82) is 0 Å². The summed E-state index contributed by atoms with van der Waals surface area (Å²) in [5.41, 5.74) is -0.118. The lowest BCUT2D eigenvalue weighted by Crippen LogP contribution is -2.29. The Labute approximate surface area is 114 Å². The fourth-order valence-corrected chi connectivity index (χ4v) is 2.02. The highest BCUT2D eigenvalue weighted by Gasteiger charge is 2.22. The zero-order chi connectivity index (χ0) is 14.6. The molecule has 19 heavy (non-hydrogen) atoms. The topological polar surface area (TPSA) is 63.5 Å². The smallest absolute Gasteiger partial charge is 0.305 e. The van der Waals surface area contributed by atoms with Crippen LogP contribution in [0.25, 0.3) is 0 Å². The van der Waals surface area contributed by atoms with Crippen LogP contribution < -0.4 is 0 Å². The van der Waals surface area contributed by atoms with E-state index >= 15 is 0 Å². The van der Waals surface area contributed by atoms with Crippen molar-refractivity contribution in [2.24, 2.45) is 0 Å². The number of amides is 1. The maximum absolute atomic E-state index is 13.4. The fourth-order valence-electron chi connectivity index (χ4n) is 1.57. The lowest BCUT2D eigenvalue weighted by atomic mass is 10.1. The molecule has 1 amide bonds. The van der Waals surface area contributed by atoms with E-state index in [0.29, 0.717) is 12.1 Å². The zero-order valence-corrected chi connectivity index (χ0v) is 11.8. The average Bonchev–Trinajstić information content (AvgIpc) is 2.34. The number of benzene rings is 1. The molecule has 1 aromatic carbocycles. The Kier molecular flexibility index (Phi) is 5.29. The number of aryl methyl sites for hydroxylation is 1. The normalized spacial score (nSPS) is 10.3. The van der Waals surface area contributed by atoms with Crippen LogP contribution in [0.15, 0.2) is 12.1 Å². The van der Waals surface area contributed by atoms with Crippen LogP contribution in [-0.2, 0) is 0 Å². The first kappa shape index (κ1) is 15.4. The minimum absolute atomic E-state index is 0.164. The van der Waals surface area contributed by atoms with Gasteiger partial charge in [-0.15, -0.1) is 0 Å². The second-order valence-corrected chi connectivity index (χ2v) is 5.08. The van der Waals surface area contributed by atoms with Gasteiger partial charge in [0, 0.05) is 31.0 Å². The van der Waals surface area contributed by atoms with Crippen molar-refractivity contribution in [3.05, 3.63) is 39.2 Å². The number of halogens is 1. The monoisotopic (exact) mass is 286 g/mol. The van der Waals surface area contributed by atoms with Gasteiger partial charge in [-0.1, -0.05) is 0 Å². The Morgan fingerprint density at radius 2 is 2.16 bits per heavy atom. The predicted octanol–water partition coefficient (Wildman–Crippen LogP) is 2.48. The molecule has 0 bridgehead atoms. The summed E-state index contributed by atoms with van der Waals surface area (Å²) < 4.78 is 13.4. The van der Waals surface area contributed by atoms with Gasteiger partial charge in [-0.05, 0) is 24.8 Å². The third-order valence-electron chi connectivity index (χ3n) is 2.70. The van der Waals surface area contributed by atoms with Crippen molar-refractivity contribution >= 4 is 23.4 Å². The number of hydrogen-bond donors (Lipinski definition) is 0. The maximum Gasteiger partial charge on any atom is 0.305 e. The first-order valence-electron chi connectivity index (χ1n) is 5.57. The first-order chi connectivity index (χ1) is 8.88. The molecule has 0 saturated heterocycles. The van der Waals surface area contributed by atoms with Gasteiger partial charge in [-0.25, -0.2) is 0 Å². The molecule has 0 aliphatic heterocycles. The molecule has 1 aromatic rings. The van der Waals surface area contributed by atoms with Gasteiger partial charge in [0.25, 0.3) is 5.91 Å². The van der Waals surface area contributed by atoms with Gasteiger partial charge in [0.1, 0.15) is 0 Å². The molecule has 7 heteroatoms. The molecule has 0 radical (unpaired) electrons. The molecule has 0 spiro atoms. The Bertz CT molecular complexity index is 508. The highest BCUT2D eigenvalue weighted by atomic mass is 32.2. The number of carbonyl (C=O) groups excluding carboxylic acids is 1. The highest BCUT2D eigenvalue weighted by Crippen LogP contribution is 2.22. The molecule has 0 N–H and O–H groups in total. The van der Waals surface area contributed by atoms with Gasteiger partial charge in [-0.2, -0.15) is 16.2 Å². The second-order valence-electron chi connectivity index (χ2n) is 4.10.